The lowest BCUT2D eigenvalue weighted by Gasteiger charge is -2.59. The van der Waals surface area contributed by atoms with Crippen molar-refractivity contribution in [3.63, 3.8) is 0 Å². The van der Waals surface area contributed by atoms with Gasteiger partial charge in [-0.05, 0) is 73.3 Å². The summed E-state index contributed by atoms with van der Waals surface area (Å²) in [6.45, 7) is 7.51. The highest BCUT2D eigenvalue weighted by atomic mass is 16.5. The van der Waals surface area contributed by atoms with Crippen LogP contribution in [0, 0.1) is 28.6 Å². The molecule has 4 aliphatic rings. The van der Waals surface area contributed by atoms with Crippen molar-refractivity contribution in [3.05, 3.63) is 11.6 Å². The summed E-state index contributed by atoms with van der Waals surface area (Å²) in [7, 11) is 0. The lowest BCUT2D eigenvalue weighted by Crippen LogP contribution is -2.55. The van der Waals surface area contributed by atoms with E-state index in [1.807, 2.05) is 0 Å². The number of ether oxygens (including phenoxy) is 2. The van der Waals surface area contributed by atoms with Gasteiger partial charge in [-0.3, -0.25) is 14.4 Å². The van der Waals surface area contributed by atoms with E-state index < -0.39 is 0 Å². The summed E-state index contributed by atoms with van der Waals surface area (Å²) in [5.74, 6) is 1.06. The van der Waals surface area contributed by atoms with Crippen LogP contribution in [0.5, 0.6) is 0 Å². The van der Waals surface area contributed by atoms with Crippen molar-refractivity contribution >= 4 is 17.7 Å². The highest BCUT2D eigenvalue weighted by molar-refractivity contribution is 5.92. The number of hydrogen-bond donors (Lipinski definition) is 0. The van der Waals surface area contributed by atoms with Gasteiger partial charge in [-0.15, -0.1) is 0 Å². The van der Waals surface area contributed by atoms with Gasteiger partial charge in [0.15, 0.2) is 5.78 Å². The molecule has 5 nitrogen and oxygen atoms in total. The maximum atomic E-state index is 12.2. The fourth-order valence-corrected chi connectivity index (χ4v) is 7.24. The molecule has 7 atom stereocenters. The first-order valence-electron chi connectivity index (χ1n) is 10.7. The summed E-state index contributed by atoms with van der Waals surface area (Å²) in [6, 6.07) is 0. The first kappa shape index (κ1) is 19.7. The van der Waals surface area contributed by atoms with Crippen LogP contribution in [0.15, 0.2) is 11.6 Å². The van der Waals surface area contributed by atoms with Crippen LogP contribution in [0.3, 0.4) is 0 Å². The van der Waals surface area contributed by atoms with Crippen molar-refractivity contribution in [2.24, 2.45) is 28.6 Å². The number of rotatable bonds is 2. The maximum Gasteiger partial charge on any atom is 0.303 e. The zero-order chi connectivity index (χ0) is 20.3. The standard InChI is InChI=1S/C23H32O5/c1-13(24)27-20-12-16-17-5-6-21(28-14(2)25)23(17,4)10-8-18(16)22(3)9-7-15(26)11-19(20)22/h11,16-18,20-21H,5-10,12H2,1-4H3/t16-,17-,18-,20-,21-,22+,23-/m0/s1. The molecule has 154 valence electrons. The van der Waals surface area contributed by atoms with Gasteiger partial charge in [0.2, 0.25) is 0 Å². The fraction of sp³-hybridized carbons (Fsp3) is 0.783. The smallest absolute Gasteiger partial charge is 0.303 e. The minimum atomic E-state index is -0.303. The summed E-state index contributed by atoms with van der Waals surface area (Å²) < 4.78 is 11.5. The van der Waals surface area contributed by atoms with Crippen molar-refractivity contribution in [1.29, 1.82) is 0 Å². The third-order valence-electron chi connectivity index (χ3n) is 8.48. The van der Waals surface area contributed by atoms with E-state index in [4.69, 9.17) is 9.47 Å². The largest absolute Gasteiger partial charge is 0.462 e. The predicted octanol–water partition coefficient (Wildman–Crippen LogP) is 3.99. The summed E-state index contributed by atoms with van der Waals surface area (Å²) in [5.41, 5.74) is 0.950. The van der Waals surface area contributed by atoms with Gasteiger partial charge in [-0.25, -0.2) is 0 Å². The van der Waals surface area contributed by atoms with Gasteiger partial charge >= 0.3 is 11.9 Å². The third kappa shape index (κ3) is 2.93. The number of carbonyl (C=O) groups is 3. The molecule has 0 aromatic carbocycles. The molecule has 0 aromatic heterocycles. The van der Waals surface area contributed by atoms with E-state index in [2.05, 4.69) is 13.8 Å². The minimum Gasteiger partial charge on any atom is -0.462 e. The molecular formula is C23H32O5. The number of carbonyl (C=O) groups excluding carboxylic acids is 3. The molecule has 0 aliphatic heterocycles. The van der Waals surface area contributed by atoms with Crippen molar-refractivity contribution in [3.8, 4) is 0 Å². The average molecular weight is 389 g/mol. The average Bonchev–Trinajstić information content (AvgIpc) is 2.92. The van der Waals surface area contributed by atoms with Gasteiger partial charge in [-0.2, -0.15) is 0 Å². The quantitative estimate of drug-likeness (QED) is 0.669. The highest BCUT2D eigenvalue weighted by Gasteiger charge is 2.61. The van der Waals surface area contributed by atoms with Crippen LogP contribution in [0.2, 0.25) is 0 Å². The predicted molar refractivity (Wildman–Crippen MR) is 103 cm³/mol. The molecule has 0 aromatic rings. The van der Waals surface area contributed by atoms with Gasteiger partial charge < -0.3 is 9.47 Å². The molecule has 3 fully saturated rings. The molecule has 0 bridgehead atoms. The number of hydrogen-bond acceptors (Lipinski definition) is 5. The molecule has 0 unspecified atom stereocenters. The van der Waals surface area contributed by atoms with Crippen LogP contribution < -0.4 is 0 Å². The van der Waals surface area contributed by atoms with Gasteiger partial charge in [0.05, 0.1) is 0 Å². The molecule has 0 saturated heterocycles. The van der Waals surface area contributed by atoms with E-state index in [0.29, 0.717) is 24.2 Å². The molecule has 0 spiro atoms. The highest BCUT2D eigenvalue weighted by Crippen LogP contribution is 2.65. The summed E-state index contributed by atoms with van der Waals surface area (Å²) in [4.78, 5) is 35.6. The monoisotopic (exact) mass is 388 g/mol. The van der Waals surface area contributed by atoms with Gasteiger partial charge in [-0.1, -0.05) is 13.8 Å². The van der Waals surface area contributed by atoms with E-state index >= 15 is 0 Å². The Morgan fingerprint density at radius 1 is 1.00 bits per heavy atom. The first-order chi connectivity index (χ1) is 13.1. The molecule has 5 heteroatoms. The van der Waals surface area contributed by atoms with Crippen LogP contribution in [0.1, 0.15) is 72.6 Å². The molecule has 0 radical (unpaired) electrons. The van der Waals surface area contributed by atoms with E-state index in [-0.39, 0.29) is 40.8 Å². The number of fused-ring (bicyclic) bond motifs is 5. The second kappa shape index (κ2) is 6.70. The zero-order valence-corrected chi connectivity index (χ0v) is 17.5. The van der Waals surface area contributed by atoms with Crippen molar-refractivity contribution in [1.82, 2.24) is 0 Å². The van der Waals surface area contributed by atoms with Crippen molar-refractivity contribution in [2.75, 3.05) is 0 Å². The molecule has 28 heavy (non-hydrogen) atoms. The summed E-state index contributed by atoms with van der Waals surface area (Å²) in [5, 5.41) is 0. The van der Waals surface area contributed by atoms with Gasteiger partial charge in [0.25, 0.3) is 0 Å². The lowest BCUT2D eigenvalue weighted by molar-refractivity contribution is -0.163. The second-order valence-electron chi connectivity index (χ2n) is 9.91. The summed E-state index contributed by atoms with van der Waals surface area (Å²) in [6.07, 6.45) is 7.75. The molecule has 0 heterocycles. The Morgan fingerprint density at radius 3 is 2.39 bits per heavy atom. The Balaban J connectivity index is 1.69. The maximum absolute atomic E-state index is 12.2. The first-order valence-corrected chi connectivity index (χ1v) is 10.7. The Labute approximate surface area is 167 Å². The molecular weight excluding hydrogens is 356 g/mol. The van der Waals surface area contributed by atoms with E-state index in [1.165, 1.54) is 13.8 Å². The van der Waals surface area contributed by atoms with Crippen LogP contribution in [0.4, 0.5) is 0 Å². The van der Waals surface area contributed by atoms with E-state index in [0.717, 1.165) is 44.1 Å². The molecule has 3 saturated carbocycles. The lowest BCUT2D eigenvalue weighted by atomic mass is 9.47. The molecule has 0 amide bonds. The minimum absolute atomic E-state index is 0.00429. The number of ketones is 1. The zero-order valence-electron chi connectivity index (χ0n) is 17.5. The Hall–Kier alpha value is -1.65. The van der Waals surface area contributed by atoms with E-state index in [1.54, 1.807) is 6.08 Å². The fourth-order valence-electron chi connectivity index (χ4n) is 7.24. The van der Waals surface area contributed by atoms with Crippen LogP contribution in [0.25, 0.3) is 0 Å². The topological polar surface area (TPSA) is 69.7 Å². The normalized spacial score (nSPS) is 44.6. The SMILES string of the molecule is CC(=O)O[C@H]1C[C@H]2[C@@H]3CC[C@H](OC(C)=O)[C@@]3(C)CC[C@@H]2[C@@]2(C)CCC(=O)C=C12. The number of esters is 2. The summed E-state index contributed by atoms with van der Waals surface area (Å²) >= 11 is 0. The Kier molecular flexibility index (Phi) is 4.71. The third-order valence-corrected chi connectivity index (χ3v) is 8.48. The van der Waals surface area contributed by atoms with Crippen LogP contribution in [-0.4, -0.2) is 29.9 Å². The van der Waals surface area contributed by atoms with Crippen LogP contribution in [-0.2, 0) is 23.9 Å². The van der Waals surface area contributed by atoms with Gasteiger partial charge in [0, 0.05) is 25.7 Å². The van der Waals surface area contributed by atoms with Crippen molar-refractivity contribution < 1.29 is 23.9 Å². The van der Waals surface area contributed by atoms with Crippen LogP contribution >= 0.6 is 0 Å². The Morgan fingerprint density at radius 2 is 1.71 bits per heavy atom. The molecule has 4 aliphatic carbocycles. The molecule has 0 N–H and O–H groups in total. The van der Waals surface area contributed by atoms with E-state index in [9.17, 15) is 14.4 Å². The Bertz CT molecular complexity index is 739. The molecule has 4 rings (SSSR count). The van der Waals surface area contributed by atoms with Crippen molar-refractivity contribution in [2.45, 2.75) is 84.8 Å². The second-order valence-corrected chi connectivity index (χ2v) is 9.91. The van der Waals surface area contributed by atoms with Gasteiger partial charge in [0.1, 0.15) is 12.2 Å².